The fraction of sp³-hybridized carbons (Fsp3) is 0.188. The van der Waals surface area contributed by atoms with E-state index in [4.69, 9.17) is 0 Å². The summed E-state index contributed by atoms with van der Waals surface area (Å²) in [7, 11) is 1.67. The molecule has 0 fully saturated rings. The molecule has 104 valence electrons. The van der Waals surface area contributed by atoms with Gasteiger partial charge in [0, 0.05) is 29.2 Å². The molecule has 0 aliphatic rings. The van der Waals surface area contributed by atoms with Crippen LogP contribution in [0.5, 0.6) is 0 Å². The van der Waals surface area contributed by atoms with Crippen LogP contribution in [0.3, 0.4) is 0 Å². The first-order valence-electron chi connectivity index (χ1n) is 6.23. The summed E-state index contributed by atoms with van der Waals surface area (Å²) < 4.78 is 14.5. The van der Waals surface area contributed by atoms with Crippen LogP contribution in [-0.2, 0) is 6.54 Å². The topological polar surface area (TPSA) is 20.3 Å². The van der Waals surface area contributed by atoms with Gasteiger partial charge in [-0.25, -0.2) is 4.39 Å². The number of benzene rings is 2. The van der Waals surface area contributed by atoms with Gasteiger partial charge in [0.2, 0.25) is 0 Å². The Kier molecular flexibility index (Phi) is 4.55. The molecule has 1 amide bonds. The van der Waals surface area contributed by atoms with Gasteiger partial charge in [0.15, 0.2) is 0 Å². The summed E-state index contributed by atoms with van der Waals surface area (Å²) in [5, 5.41) is 0. The van der Waals surface area contributed by atoms with Gasteiger partial charge in [-0.15, -0.1) is 0 Å². The number of hydrogen-bond donors (Lipinski definition) is 0. The molecule has 0 saturated carbocycles. The molecule has 2 nitrogen and oxygen atoms in total. The number of nitrogens with zero attached hydrogens (tertiary/aromatic N) is 1. The standard InChI is InChI=1S/C16H15BrFNO/c1-11-7-13(9-14(17)8-11)16(20)19(2)10-12-5-3-4-6-15(12)18/h3-9H,10H2,1-2H3. The van der Waals surface area contributed by atoms with Gasteiger partial charge in [0.25, 0.3) is 5.91 Å². The van der Waals surface area contributed by atoms with E-state index in [1.807, 2.05) is 19.1 Å². The predicted molar refractivity (Wildman–Crippen MR) is 81.1 cm³/mol. The van der Waals surface area contributed by atoms with Gasteiger partial charge < -0.3 is 4.90 Å². The van der Waals surface area contributed by atoms with Crippen LogP contribution in [0.25, 0.3) is 0 Å². The molecule has 0 saturated heterocycles. The highest BCUT2D eigenvalue weighted by Crippen LogP contribution is 2.17. The monoisotopic (exact) mass is 335 g/mol. The molecular weight excluding hydrogens is 321 g/mol. The van der Waals surface area contributed by atoms with Crippen LogP contribution in [0, 0.1) is 12.7 Å². The number of rotatable bonds is 3. The number of hydrogen-bond acceptors (Lipinski definition) is 1. The van der Waals surface area contributed by atoms with Crippen LogP contribution in [0.1, 0.15) is 21.5 Å². The smallest absolute Gasteiger partial charge is 0.253 e. The third-order valence-corrected chi connectivity index (χ3v) is 3.46. The average Bonchev–Trinajstić information content (AvgIpc) is 2.39. The first-order chi connectivity index (χ1) is 9.47. The van der Waals surface area contributed by atoms with E-state index in [0.717, 1.165) is 10.0 Å². The largest absolute Gasteiger partial charge is 0.337 e. The van der Waals surface area contributed by atoms with E-state index in [1.165, 1.54) is 11.0 Å². The summed E-state index contributed by atoms with van der Waals surface area (Å²) in [5.74, 6) is -0.421. The summed E-state index contributed by atoms with van der Waals surface area (Å²) in [6, 6.07) is 12.0. The molecule has 0 aliphatic heterocycles. The van der Waals surface area contributed by atoms with E-state index in [1.54, 1.807) is 31.3 Å². The van der Waals surface area contributed by atoms with Crippen molar-refractivity contribution in [3.8, 4) is 0 Å². The molecule has 2 aromatic carbocycles. The minimum absolute atomic E-state index is 0.127. The van der Waals surface area contributed by atoms with Gasteiger partial charge >= 0.3 is 0 Å². The molecule has 2 aromatic rings. The molecule has 4 heteroatoms. The highest BCUT2D eigenvalue weighted by Gasteiger charge is 2.14. The molecule has 0 aliphatic carbocycles. The number of halogens is 2. The van der Waals surface area contributed by atoms with E-state index in [-0.39, 0.29) is 18.3 Å². The Morgan fingerprint density at radius 1 is 1.25 bits per heavy atom. The van der Waals surface area contributed by atoms with Crippen LogP contribution in [0.4, 0.5) is 4.39 Å². The maximum Gasteiger partial charge on any atom is 0.253 e. The fourth-order valence-electron chi connectivity index (χ4n) is 2.03. The van der Waals surface area contributed by atoms with Crippen LogP contribution < -0.4 is 0 Å². The molecule has 0 N–H and O–H groups in total. The molecule has 2 rings (SSSR count). The second-order valence-electron chi connectivity index (χ2n) is 4.77. The summed E-state index contributed by atoms with van der Waals surface area (Å²) >= 11 is 3.38. The SMILES string of the molecule is Cc1cc(Br)cc(C(=O)N(C)Cc2ccccc2F)c1. The maximum absolute atomic E-state index is 13.6. The molecule has 20 heavy (non-hydrogen) atoms. The molecule has 0 radical (unpaired) electrons. The van der Waals surface area contributed by atoms with Crippen molar-refractivity contribution in [1.82, 2.24) is 4.90 Å². The zero-order valence-electron chi connectivity index (χ0n) is 11.4. The van der Waals surface area contributed by atoms with Crippen molar-refractivity contribution < 1.29 is 9.18 Å². The Morgan fingerprint density at radius 2 is 1.95 bits per heavy atom. The van der Waals surface area contributed by atoms with Crippen LogP contribution in [0.15, 0.2) is 46.9 Å². The minimum Gasteiger partial charge on any atom is -0.337 e. The van der Waals surface area contributed by atoms with E-state index >= 15 is 0 Å². The predicted octanol–water partition coefficient (Wildman–Crippen LogP) is 4.17. The third-order valence-electron chi connectivity index (χ3n) is 3.00. The Labute approximate surface area is 126 Å². The first kappa shape index (κ1) is 14.7. The lowest BCUT2D eigenvalue weighted by molar-refractivity contribution is 0.0783. The lowest BCUT2D eigenvalue weighted by atomic mass is 10.1. The minimum atomic E-state index is -0.294. The Hall–Kier alpha value is -1.68. The second kappa shape index (κ2) is 6.18. The third kappa shape index (κ3) is 3.45. The molecule has 0 spiro atoms. The van der Waals surface area contributed by atoms with Crippen molar-refractivity contribution in [1.29, 1.82) is 0 Å². The summed E-state index contributed by atoms with van der Waals surface area (Å²) in [4.78, 5) is 13.9. The number of aryl methyl sites for hydroxylation is 1. The van der Waals surface area contributed by atoms with E-state index < -0.39 is 0 Å². The average molecular weight is 336 g/mol. The lowest BCUT2D eigenvalue weighted by Gasteiger charge is -2.18. The number of carbonyl (C=O) groups excluding carboxylic acids is 1. The van der Waals surface area contributed by atoms with E-state index in [2.05, 4.69) is 15.9 Å². The van der Waals surface area contributed by atoms with Gasteiger partial charge in [-0.05, 0) is 36.8 Å². The normalized spacial score (nSPS) is 10.4. The van der Waals surface area contributed by atoms with E-state index in [9.17, 15) is 9.18 Å². The number of amides is 1. The summed E-state index contributed by atoms with van der Waals surface area (Å²) in [6.07, 6.45) is 0. The lowest BCUT2D eigenvalue weighted by Crippen LogP contribution is -2.26. The summed E-state index contributed by atoms with van der Waals surface area (Å²) in [5.41, 5.74) is 2.10. The quantitative estimate of drug-likeness (QED) is 0.824. The van der Waals surface area contributed by atoms with Crippen LogP contribution in [-0.4, -0.2) is 17.9 Å². The highest BCUT2D eigenvalue weighted by molar-refractivity contribution is 9.10. The molecule has 0 heterocycles. The van der Waals surface area contributed by atoms with Crippen molar-refractivity contribution in [3.63, 3.8) is 0 Å². The zero-order valence-corrected chi connectivity index (χ0v) is 12.9. The van der Waals surface area contributed by atoms with Gasteiger partial charge in [0.1, 0.15) is 5.82 Å². The van der Waals surface area contributed by atoms with Gasteiger partial charge in [-0.2, -0.15) is 0 Å². The van der Waals surface area contributed by atoms with Crippen molar-refractivity contribution >= 4 is 21.8 Å². The second-order valence-corrected chi connectivity index (χ2v) is 5.69. The van der Waals surface area contributed by atoms with Gasteiger partial charge in [-0.1, -0.05) is 34.1 Å². The molecular formula is C16H15BrFNO. The Morgan fingerprint density at radius 3 is 2.60 bits per heavy atom. The fourth-order valence-corrected chi connectivity index (χ4v) is 2.64. The van der Waals surface area contributed by atoms with Crippen LogP contribution >= 0.6 is 15.9 Å². The van der Waals surface area contributed by atoms with Crippen molar-refractivity contribution in [2.75, 3.05) is 7.05 Å². The molecule has 0 unspecified atom stereocenters. The summed E-state index contributed by atoms with van der Waals surface area (Å²) in [6.45, 7) is 2.18. The molecule has 0 aromatic heterocycles. The maximum atomic E-state index is 13.6. The van der Waals surface area contributed by atoms with Crippen molar-refractivity contribution in [2.24, 2.45) is 0 Å². The van der Waals surface area contributed by atoms with Gasteiger partial charge in [0.05, 0.1) is 0 Å². The molecule has 0 bridgehead atoms. The Bertz CT molecular complexity index is 622. The zero-order chi connectivity index (χ0) is 14.7. The van der Waals surface area contributed by atoms with Crippen molar-refractivity contribution in [3.05, 3.63) is 69.4 Å². The van der Waals surface area contributed by atoms with E-state index in [0.29, 0.717) is 11.1 Å². The van der Waals surface area contributed by atoms with Crippen molar-refractivity contribution in [2.45, 2.75) is 13.5 Å². The highest BCUT2D eigenvalue weighted by atomic mass is 79.9. The Balaban J connectivity index is 2.18. The molecule has 0 atom stereocenters. The van der Waals surface area contributed by atoms with Crippen LogP contribution in [0.2, 0.25) is 0 Å². The van der Waals surface area contributed by atoms with Gasteiger partial charge in [-0.3, -0.25) is 4.79 Å². The first-order valence-corrected chi connectivity index (χ1v) is 7.03. The number of carbonyl (C=O) groups is 1.